The molecule has 0 amide bonds. The van der Waals surface area contributed by atoms with E-state index in [2.05, 4.69) is 21.9 Å². The third-order valence-corrected chi connectivity index (χ3v) is 4.59. The lowest BCUT2D eigenvalue weighted by molar-refractivity contribution is 0.432. The molecule has 0 saturated heterocycles. The van der Waals surface area contributed by atoms with Crippen molar-refractivity contribution in [1.82, 2.24) is 9.80 Å². The molecule has 1 aromatic rings. The first kappa shape index (κ1) is 19.6. The van der Waals surface area contributed by atoms with Gasteiger partial charge in [0.25, 0.3) is 0 Å². The SMILES string of the molecule is CN(C)C(=NCC1(c2ccc(Cl)cc2)CCCC1)N(C)C.I. The van der Waals surface area contributed by atoms with E-state index >= 15 is 0 Å². The molecule has 5 heteroatoms. The number of aliphatic imine (C=N–C) groups is 1. The summed E-state index contributed by atoms with van der Waals surface area (Å²) in [6.07, 6.45) is 5.01. The van der Waals surface area contributed by atoms with Crippen LogP contribution in [0.4, 0.5) is 0 Å². The summed E-state index contributed by atoms with van der Waals surface area (Å²) < 4.78 is 0. The molecule has 0 aromatic heterocycles. The second kappa shape index (κ2) is 8.39. The van der Waals surface area contributed by atoms with Crippen LogP contribution >= 0.6 is 35.6 Å². The van der Waals surface area contributed by atoms with Gasteiger partial charge in [-0.3, -0.25) is 4.99 Å². The molecule has 0 aliphatic heterocycles. The second-order valence-corrected chi connectivity index (χ2v) is 6.84. The molecule has 1 saturated carbocycles. The zero-order valence-electron chi connectivity index (χ0n) is 14.0. The summed E-state index contributed by atoms with van der Waals surface area (Å²) in [6, 6.07) is 8.35. The highest BCUT2D eigenvalue weighted by molar-refractivity contribution is 14.0. The Morgan fingerprint density at radius 1 is 1.05 bits per heavy atom. The standard InChI is InChI=1S/C17H26ClN3.HI/c1-20(2)16(21(3)4)19-13-17(11-5-6-12-17)14-7-9-15(18)10-8-14;/h7-10H,5-6,11-13H2,1-4H3;1H. The first-order chi connectivity index (χ1) is 9.94. The number of rotatable bonds is 3. The van der Waals surface area contributed by atoms with Crippen molar-refractivity contribution >= 4 is 41.5 Å². The topological polar surface area (TPSA) is 18.8 Å². The molecule has 0 spiro atoms. The molecule has 1 fully saturated rings. The van der Waals surface area contributed by atoms with Crippen molar-refractivity contribution in [3.05, 3.63) is 34.9 Å². The van der Waals surface area contributed by atoms with Gasteiger partial charge < -0.3 is 9.80 Å². The highest BCUT2D eigenvalue weighted by Crippen LogP contribution is 2.41. The molecule has 0 bridgehead atoms. The number of halogens is 2. The summed E-state index contributed by atoms with van der Waals surface area (Å²) in [5, 5.41) is 0.803. The molecule has 3 nitrogen and oxygen atoms in total. The molecule has 1 aliphatic carbocycles. The van der Waals surface area contributed by atoms with E-state index in [1.54, 1.807) is 0 Å². The zero-order chi connectivity index (χ0) is 15.5. The van der Waals surface area contributed by atoms with Gasteiger partial charge in [0.15, 0.2) is 5.96 Å². The fourth-order valence-electron chi connectivity index (χ4n) is 3.30. The Morgan fingerprint density at radius 2 is 1.55 bits per heavy atom. The summed E-state index contributed by atoms with van der Waals surface area (Å²) in [4.78, 5) is 9.06. The van der Waals surface area contributed by atoms with E-state index < -0.39 is 0 Å². The maximum absolute atomic E-state index is 6.03. The van der Waals surface area contributed by atoms with Gasteiger partial charge in [-0.1, -0.05) is 36.6 Å². The maximum Gasteiger partial charge on any atom is 0.195 e. The summed E-state index contributed by atoms with van der Waals surface area (Å²) in [5.74, 6) is 1.02. The van der Waals surface area contributed by atoms with E-state index in [4.69, 9.17) is 16.6 Å². The van der Waals surface area contributed by atoms with Crippen LogP contribution in [0, 0.1) is 0 Å². The van der Waals surface area contributed by atoms with Crippen LogP contribution in [0.5, 0.6) is 0 Å². The molecule has 2 rings (SSSR count). The van der Waals surface area contributed by atoms with Gasteiger partial charge in [0, 0.05) is 38.6 Å². The minimum absolute atomic E-state index is 0. The van der Waals surface area contributed by atoms with Crippen molar-refractivity contribution in [2.75, 3.05) is 34.7 Å². The monoisotopic (exact) mass is 435 g/mol. The van der Waals surface area contributed by atoms with Crippen LogP contribution in [0.1, 0.15) is 31.2 Å². The number of hydrogen-bond acceptors (Lipinski definition) is 1. The highest BCUT2D eigenvalue weighted by atomic mass is 127. The Labute approximate surface area is 156 Å². The van der Waals surface area contributed by atoms with E-state index in [9.17, 15) is 0 Å². The lowest BCUT2D eigenvalue weighted by Gasteiger charge is -2.30. The van der Waals surface area contributed by atoms with Crippen molar-refractivity contribution in [2.24, 2.45) is 4.99 Å². The number of benzene rings is 1. The molecule has 0 radical (unpaired) electrons. The van der Waals surface area contributed by atoms with Crippen molar-refractivity contribution < 1.29 is 0 Å². The Morgan fingerprint density at radius 3 is 2.00 bits per heavy atom. The third-order valence-electron chi connectivity index (χ3n) is 4.34. The number of hydrogen-bond donors (Lipinski definition) is 0. The quantitative estimate of drug-likeness (QED) is 0.401. The zero-order valence-corrected chi connectivity index (χ0v) is 17.1. The van der Waals surface area contributed by atoms with Crippen molar-refractivity contribution in [3.8, 4) is 0 Å². The van der Waals surface area contributed by atoms with Gasteiger partial charge in [0.2, 0.25) is 0 Å². The summed E-state index contributed by atoms with van der Waals surface area (Å²) in [5.41, 5.74) is 1.56. The second-order valence-electron chi connectivity index (χ2n) is 6.40. The first-order valence-corrected chi connectivity index (χ1v) is 7.97. The summed E-state index contributed by atoms with van der Waals surface area (Å²) in [7, 11) is 8.18. The fraction of sp³-hybridized carbons (Fsp3) is 0.588. The van der Waals surface area contributed by atoms with Gasteiger partial charge in [-0.15, -0.1) is 24.0 Å². The minimum atomic E-state index is 0. The third kappa shape index (κ3) is 4.51. The van der Waals surface area contributed by atoms with Crippen molar-refractivity contribution in [2.45, 2.75) is 31.1 Å². The van der Waals surface area contributed by atoms with E-state index in [0.29, 0.717) is 0 Å². The van der Waals surface area contributed by atoms with Crippen LogP contribution in [0.15, 0.2) is 29.3 Å². The Balaban J connectivity index is 0.00000242. The van der Waals surface area contributed by atoms with E-state index in [1.165, 1.54) is 31.2 Å². The number of nitrogens with zero attached hydrogens (tertiary/aromatic N) is 3. The molecular weight excluding hydrogens is 409 g/mol. The molecule has 0 N–H and O–H groups in total. The van der Waals surface area contributed by atoms with E-state index in [0.717, 1.165) is 17.5 Å². The van der Waals surface area contributed by atoms with Gasteiger partial charge in [-0.2, -0.15) is 0 Å². The number of guanidine groups is 1. The first-order valence-electron chi connectivity index (χ1n) is 7.60. The smallest absolute Gasteiger partial charge is 0.195 e. The van der Waals surface area contributed by atoms with Gasteiger partial charge in [0.05, 0.1) is 6.54 Å². The molecule has 1 aromatic carbocycles. The summed E-state index contributed by atoms with van der Waals surface area (Å²) >= 11 is 6.03. The van der Waals surface area contributed by atoms with Crippen LogP contribution in [-0.2, 0) is 5.41 Å². The molecule has 0 atom stereocenters. The molecule has 1 aliphatic rings. The van der Waals surface area contributed by atoms with Crippen LogP contribution in [0.25, 0.3) is 0 Å². The Hall–Kier alpha value is -0.490. The minimum Gasteiger partial charge on any atom is -0.349 e. The summed E-state index contributed by atoms with van der Waals surface area (Å²) in [6.45, 7) is 0.848. The molecule has 22 heavy (non-hydrogen) atoms. The van der Waals surface area contributed by atoms with Gasteiger partial charge in [-0.05, 0) is 30.5 Å². The predicted octanol–water partition coefficient (Wildman–Crippen LogP) is 4.25. The fourth-order valence-corrected chi connectivity index (χ4v) is 3.42. The van der Waals surface area contributed by atoms with Gasteiger partial charge in [0.1, 0.15) is 0 Å². The van der Waals surface area contributed by atoms with Crippen LogP contribution < -0.4 is 0 Å². The van der Waals surface area contributed by atoms with Gasteiger partial charge >= 0.3 is 0 Å². The lowest BCUT2D eigenvalue weighted by atomic mass is 9.79. The van der Waals surface area contributed by atoms with E-state index in [1.807, 2.05) is 40.3 Å². The average Bonchev–Trinajstić information content (AvgIpc) is 2.89. The van der Waals surface area contributed by atoms with Crippen molar-refractivity contribution in [3.63, 3.8) is 0 Å². The maximum atomic E-state index is 6.03. The molecule has 124 valence electrons. The lowest BCUT2D eigenvalue weighted by Crippen LogP contribution is -2.37. The van der Waals surface area contributed by atoms with E-state index in [-0.39, 0.29) is 29.4 Å². The Kier molecular flexibility index (Phi) is 7.46. The van der Waals surface area contributed by atoms with Crippen molar-refractivity contribution in [1.29, 1.82) is 0 Å². The molecular formula is C17H27ClIN3. The van der Waals surface area contributed by atoms with Crippen LogP contribution in [0.3, 0.4) is 0 Å². The normalized spacial score (nSPS) is 15.9. The van der Waals surface area contributed by atoms with Crippen LogP contribution in [0.2, 0.25) is 5.02 Å². The largest absolute Gasteiger partial charge is 0.349 e. The Bertz CT molecular complexity index is 481. The predicted molar refractivity (Wildman–Crippen MR) is 107 cm³/mol. The molecule has 0 heterocycles. The highest BCUT2D eigenvalue weighted by Gasteiger charge is 2.35. The average molecular weight is 436 g/mol. The molecule has 0 unspecified atom stereocenters. The van der Waals surface area contributed by atoms with Crippen LogP contribution in [-0.4, -0.2) is 50.5 Å². The van der Waals surface area contributed by atoms with Gasteiger partial charge in [-0.25, -0.2) is 0 Å².